The molecule has 5 nitrogen and oxygen atoms in total. The van der Waals surface area contributed by atoms with Gasteiger partial charge in [-0.25, -0.2) is 8.78 Å². The number of aliphatic imine (C=N–C) groups is 1. The molecule has 3 atom stereocenters. The Balaban J connectivity index is 1.55. The van der Waals surface area contributed by atoms with Crippen molar-refractivity contribution in [1.29, 1.82) is 5.26 Å². The molecule has 0 spiro atoms. The van der Waals surface area contributed by atoms with Gasteiger partial charge in [0.05, 0.1) is 17.3 Å². The normalized spacial score (nSPS) is 30.2. The highest BCUT2D eigenvalue weighted by molar-refractivity contribution is 5.74. The van der Waals surface area contributed by atoms with Gasteiger partial charge >= 0.3 is 0 Å². The standard InChI is InChI=1S/C28H30F2N4O/c29-20-6-4-17(12-21(30)14-20)25-16-33-26-7-5-18(23-3-1-2-19(15-31)28(23)35)13-24(26)27(25)34-10-8-22(32)9-11-34/h3,6-7,12-14,16,18,22,25,27,35H,1-2,4-5,8-11,32H2. The number of piperidine rings is 1. The molecule has 3 aliphatic carbocycles. The smallest absolute Gasteiger partial charge is 0.132 e. The summed E-state index contributed by atoms with van der Waals surface area (Å²) in [6.07, 6.45) is 15.9. The summed E-state index contributed by atoms with van der Waals surface area (Å²) in [5, 5.41) is 20.2. The Hall–Kier alpha value is -3.08. The van der Waals surface area contributed by atoms with Crippen molar-refractivity contribution in [2.45, 2.75) is 50.6 Å². The molecule has 0 bridgehead atoms. The van der Waals surface area contributed by atoms with Gasteiger partial charge in [0.25, 0.3) is 0 Å². The number of hydrogen-bond acceptors (Lipinski definition) is 5. The van der Waals surface area contributed by atoms with Crippen LogP contribution in [0.25, 0.3) is 0 Å². The van der Waals surface area contributed by atoms with E-state index in [-0.39, 0.29) is 29.7 Å². The summed E-state index contributed by atoms with van der Waals surface area (Å²) in [6, 6.07) is 2.21. The number of nitrogens with zero attached hydrogens (tertiary/aromatic N) is 3. The van der Waals surface area contributed by atoms with E-state index >= 15 is 0 Å². The minimum Gasteiger partial charge on any atom is -0.507 e. The highest BCUT2D eigenvalue weighted by Crippen LogP contribution is 2.42. The van der Waals surface area contributed by atoms with E-state index in [0.717, 1.165) is 60.8 Å². The summed E-state index contributed by atoms with van der Waals surface area (Å²) in [6.45, 7) is 1.63. The Morgan fingerprint density at radius 2 is 1.89 bits per heavy atom. The van der Waals surface area contributed by atoms with E-state index in [1.807, 2.05) is 12.3 Å². The molecular weight excluding hydrogens is 446 g/mol. The fourth-order valence-electron chi connectivity index (χ4n) is 5.79. The third-order valence-corrected chi connectivity index (χ3v) is 7.65. The van der Waals surface area contributed by atoms with Crippen LogP contribution in [0.3, 0.4) is 0 Å². The predicted molar refractivity (Wildman–Crippen MR) is 132 cm³/mol. The summed E-state index contributed by atoms with van der Waals surface area (Å²) in [4.78, 5) is 7.13. The largest absolute Gasteiger partial charge is 0.507 e. The fraction of sp³-hybridized carbons (Fsp3) is 0.429. The Morgan fingerprint density at radius 3 is 2.66 bits per heavy atom. The molecule has 0 radical (unpaired) electrons. The average Bonchev–Trinajstić information content (AvgIpc) is 3.03. The van der Waals surface area contributed by atoms with Crippen molar-refractivity contribution in [2.24, 2.45) is 22.6 Å². The molecule has 0 aromatic heterocycles. The number of nitriles is 1. The van der Waals surface area contributed by atoms with E-state index in [4.69, 9.17) is 10.7 Å². The number of rotatable bonds is 3. The lowest BCUT2D eigenvalue weighted by atomic mass is 9.75. The zero-order chi connectivity index (χ0) is 24.5. The van der Waals surface area contributed by atoms with Crippen LogP contribution in [0.15, 0.2) is 86.9 Å². The number of aliphatic hydroxyl groups is 1. The quantitative estimate of drug-likeness (QED) is 0.571. The van der Waals surface area contributed by atoms with Crippen molar-refractivity contribution in [1.82, 2.24) is 4.90 Å². The van der Waals surface area contributed by atoms with E-state index in [1.54, 1.807) is 0 Å². The maximum atomic E-state index is 14.4. The maximum absolute atomic E-state index is 14.4. The maximum Gasteiger partial charge on any atom is 0.132 e. The van der Waals surface area contributed by atoms with Gasteiger partial charge in [-0.3, -0.25) is 9.89 Å². The molecule has 2 aliphatic heterocycles. The first kappa shape index (κ1) is 23.7. The summed E-state index contributed by atoms with van der Waals surface area (Å²) >= 11 is 0. The number of likely N-dealkylation sites (tertiary alicyclic amines) is 1. The van der Waals surface area contributed by atoms with Crippen molar-refractivity contribution in [3.8, 4) is 6.07 Å². The van der Waals surface area contributed by atoms with Crippen molar-refractivity contribution < 1.29 is 13.9 Å². The van der Waals surface area contributed by atoms with Crippen molar-refractivity contribution in [3.63, 3.8) is 0 Å². The average molecular weight is 477 g/mol. The van der Waals surface area contributed by atoms with Gasteiger partial charge in [-0.2, -0.15) is 5.26 Å². The van der Waals surface area contributed by atoms with Gasteiger partial charge in [-0.15, -0.1) is 0 Å². The molecule has 3 N–H and O–H groups in total. The molecule has 0 saturated carbocycles. The van der Waals surface area contributed by atoms with Crippen LogP contribution >= 0.6 is 0 Å². The van der Waals surface area contributed by atoms with E-state index in [0.29, 0.717) is 24.8 Å². The van der Waals surface area contributed by atoms with Crippen LogP contribution in [-0.2, 0) is 0 Å². The molecule has 2 heterocycles. The Bertz CT molecular complexity index is 1190. The molecule has 3 unspecified atom stereocenters. The van der Waals surface area contributed by atoms with Crippen LogP contribution in [-0.4, -0.2) is 41.4 Å². The van der Waals surface area contributed by atoms with E-state index in [1.165, 1.54) is 12.2 Å². The second-order valence-corrected chi connectivity index (χ2v) is 9.85. The summed E-state index contributed by atoms with van der Waals surface area (Å²) in [7, 11) is 0. The molecular formula is C28H30F2N4O. The molecule has 182 valence electrons. The van der Waals surface area contributed by atoms with Gasteiger partial charge < -0.3 is 10.8 Å². The second-order valence-electron chi connectivity index (χ2n) is 9.85. The van der Waals surface area contributed by atoms with Crippen LogP contribution in [0.1, 0.15) is 38.5 Å². The molecule has 35 heavy (non-hydrogen) atoms. The highest BCUT2D eigenvalue weighted by Gasteiger charge is 2.39. The third kappa shape index (κ3) is 4.73. The molecule has 5 rings (SSSR count). The number of halogens is 2. The number of allylic oxidation sites excluding steroid dienone is 10. The lowest BCUT2D eigenvalue weighted by molar-refractivity contribution is 0.157. The first-order chi connectivity index (χ1) is 16.9. The molecule has 0 amide bonds. The third-order valence-electron chi connectivity index (χ3n) is 7.65. The lowest BCUT2D eigenvalue weighted by Crippen LogP contribution is -2.51. The minimum absolute atomic E-state index is 0.0713. The van der Waals surface area contributed by atoms with Crippen LogP contribution in [0, 0.1) is 23.2 Å². The summed E-state index contributed by atoms with van der Waals surface area (Å²) in [5.41, 5.74) is 10.1. The fourth-order valence-corrected chi connectivity index (χ4v) is 5.79. The van der Waals surface area contributed by atoms with Gasteiger partial charge in [-0.1, -0.05) is 23.8 Å². The molecule has 0 aromatic carbocycles. The van der Waals surface area contributed by atoms with Crippen LogP contribution in [0.2, 0.25) is 0 Å². The molecule has 7 heteroatoms. The Morgan fingerprint density at radius 1 is 1.09 bits per heavy atom. The zero-order valence-electron chi connectivity index (χ0n) is 19.6. The van der Waals surface area contributed by atoms with Crippen LogP contribution in [0.5, 0.6) is 0 Å². The van der Waals surface area contributed by atoms with E-state index < -0.39 is 11.7 Å². The molecule has 1 saturated heterocycles. The lowest BCUT2D eigenvalue weighted by Gasteiger charge is -2.44. The molecule has 0 aromatic rings. The van der Waals surface area contributed by atoms with Gasteiger partial charge in [-0.05, 0) is 61.8 Å². The second kappa shape index (κ2) is 9.88. The first-order valence-corrected chi connectivity index (χ1v) is 12.4. The predicted octanol–water partition coefficient (Wildman–Crippen LogP) is 5.40. The monoisotopic (exact) mass is 476 g/mol. The summed E-state index contributed by atoms with van der Waals surface area (Å²) < 4.78 is 28.3. The Kier molecular flexibility index (Phi) is 6.68. The Labute approximate surface area is 204 Å². The van der Waals surface area contributed by atoms with Gasteiger partial charge in [0.15, 0.2) is 0 Å². The zero-order valence-corrected chi connectivity index (χ0v) is 19.6. The SMILES string of the molecule is N#CC1=C(O)C(C2C=C3C(=CC2)N=CC(C2=CC(F)=CC(F)=CC2)C3N2CCC(N)CC2)=CCC1. The van der Waals surface area contributed by atoms with E-state index in [9.17, 15) is 19.1 Å². The first-order valence-electron chi connectivity index (χ1n) is 12.4. The number of fused-ring (bicyclic) bond motifs is 1. The van der Waals surface area contributed by atoms with Crippen molar-refractivity contribution >= 4 is 6.21 Å². The van der Waals surface area contributed by atoms with Crippen LogP contribution in [0.4, 0.5) is 8.78 Å². The van der Waals surface area contributed by atoms with Crippen molar-refractivity contribution in [2.75, 3.05) is 13.1 Å². The summed E-state index contributed by atoms with van der Waals surface area (Å²) in [5.74, 6) is -1.36. The van der Waals surface area contributed by atoms with Gasteiger partial charge in [0.1, 0.15) is 17.4 Å². The minimum atomic E-state index is -0.595. The highest BCUT2D eigenvalue weighted by atomic mass is 19.1. The number of nitrogens with two attached hydrogens (primary N) is 1. The van der Waals surface area contributed by atoms with E-state index in [2.05, 4.69) is 23.1 Å². The van der Waals surface area contributed by atoms with Crippen LogP contribution < -0.4 is 5.73 Å². The molecule has 5 aliphatic rings. The number of aliphatic hydroxyl groups excluding tert-OH is 1. The van der Waals surface area contributed by atoms with Gasteiger partial charge in [0, 0.05) is 49.3 Å². The van der Waals surface area contributed by atoms with Gasteiger partial charge in [0.2, 0.25) is 0 Å². The topological polar surface area (TPSA) is 85.6 Å². The molecule has 1 fully saturated rings. The van der Waals surface area contributed by atoms with Crippen molar-refractivity contribution in [3.05, 3.63) is 81.9 Å². The number of hydrogen-bond donors (Lipinski definition) is 2.